The molecule has 0 saturated carbocycles. The summed E-state index contributed by atoms with van der Waals surface area (Å²) in [6, 6.07) is 10.6. The van der Waals surface area contributed by atoms with E-state index in [4.69, 9.17) is 0 Å². The molecule has 104 valence electrons. The van der Waals surface area contributed by atoms with E-state index < -0.39 is 0 Å². The number of aryl methyl sites for hydroxylation is 1. The van der Waals surface area contributed by atoms with Gasteiger partial charge in [-0.15, -0.1) is 0 Å². The van der Waals surface area contributed by atoms with Gasteiger partial charge in [0.2, 0.25) is 6.33 Å². The van der Waals surface area contributed by atoms with Crippen LogP contribution in [-0.4, -0.2) is 4.57 Å². The quantitative estimate of drug-likeness (QED) is 0.516. The number of benzene rings is 1. The molecule has 0 radical (unpaired) electrons. The van der Waals surface area contributed by atoms with Crippen LogP contribution in [-0.2, 0) is 13.1 Å². The lowest BCUT2D eigenvalue weighted by Gasteiger charge is -1.97. The number of aromatic nitrogens is 2. The van der Waals surface area contributed by atoms with Gasteiger partial charge in [0.1, 0.15) is 18.9 Å². The van der Waals surface area contributed by atoms with Crippen molar-refractivity contribution in [3.63, 3.8) is 0 Å². The first kappa shape index (κ1) is 16.0. The number of rotatable bonds is 7. The lowest BCUT2D eigenvalue weighted by molar-refractivity contribution is -0.687. The first-order valence-corrected chi connectivity index (χ1v) is 6.97. The van der Waals surface area contributed by atoms with E-state index in [2.05, 4.69) is 65.1 Å². The van der Waals surface area contributed by atoms with Crippen LogP contribution < -0.4 is 21.5 Å². The minimum atomic E-state index is 0. The van der Waals surface area contributed by atoms with E-state index in [1.165, 1.54) is 31.2 Å². The SMILES string of the molecule is CCCCCCn1cc[n+](Cc2ccccc2)c1.[Br-]. The Bertz CT molecular complexity index is 451. The van der Waals surface area contributed by atoms with E-state index in [0.29, 0.717) is 0 Å². The molecule has 0 fully saturated rings. The third-order valence-electron chi connectivity index (χ3n) is 3.22. The first-order valence-electron chi connectivity index (χ1n) is 6.97. The largest absolute Gasteiger partial charge is 1.00 e. The van der Waals surface area contributed by atoms with Crippen LogP contribution in [0.3, 0.4) is 0 Å². The van der Waals surface area contributed by atoms with Crippen LogP contribution in [0, 0.1) is 0 Å². The molecule has 0 aliphatic carbocycles. The minimum absolute atomic E-state index is 0. The van der Waals surface area contributed by atoms with Crippen LogP contribution in [0.15, 0.2) is 49.1 Å². The molecule has 2 nitrogen and oxygen atoms in total. The first-order chi connectivity index (χ1) is 8.88. The monoisotopic (exact) mass is 322 g/mol. The molecule has 19 heavy (non-hydrogen) atoms. The van der Waals surface area contributed by atoms with Crippen LogP contribution >= 0.6 is 0 Å². The summed E-state index contributed by atoms with van der Waals surface area (Å²) in [4.78, 5) is 0. The fraction of sp³-hybridized carbons (Fsp3) is 0.438. The summed E-state index contributed by atoms with van der Waals surface area (Å²) in [5, 5.41) is 0. The van der Waals surface area contributed by atoms with Crippen molar-refractivity contribution in [2.75, 3.05) is 0 Å². The fourth-order valence-corrected chi connectivity index (χ4v) is 2.18. The molecule has 1 heterocycles. The van der Waals surface area contributed by atoms with Gasteiger partial charge in [0.05, 0.1) is 6.54 Å². The maximum Gasteiger partial charge on any atom is 0.244 e. The van der Waals surface area contributed by atoms with Crippen LogP contribution in [0.2, 0.25) is 0 Å². The predicted octanol–water partition coefficient (Wildman–Crippen LogP) is 0.408. The number of nitrogens with zero attached hydrogens (tertiary/aromatic N) is 2. The van der Waals surface area contributed by atoms with Gasteiger partial charge in [-0.25, -0.2) is 9.13 Å². The number of hydrogen-bond acceptors (Lipinski definition) is 0. The van der Waals surface area contributed by atoms with Gasteiger partial charge in [0.15, 0.2) is 0 Å². The maximum absolute atomic E-state index is 2.29. The third-order valence-corrected chi connectivity index (χ3v) is 3.22. The lowest BCUT2D eigenvalue weighted by atomic mass is 10.2. The maximum atomic E-state index is 2.29. The van der Waals surface area contributed by atoms with E-state index >= 15 is 0 Å². The Morgan fingerprint density at radius 3 is 2.58 bits per heavy atom. The van der Waals surface area contributed by atoms with Crippen molar-refractivity contribution in [2.24, 2.45) is 0 Å². The van der Waals surface area contributed by atoms with Gasteiger partial charge >= 0.3 is 0 Å². The molecular weight excluding hydrogens is 300 g/mol. The van der Waals surface area contributed by atoms with Crippen molar-refractivity contribution in [3.8, 4) is 0 Å². The molecule has 0 aliphatic rings. The highest BCUT2D eigenvalue weighted by molar-refractivity contribution is 5.13. The molecule has 2 aromatic rings. The normalized spacial score (nSPS) is 10.2. The van der Waals surface area contributed by atoms with Crippen molar-refractivity contribution >= 4 is 0 Å². The van der Waals surface area contributed by atoms with E-state index in [-0.39, 0.29) is 17.0 Å². The van der Waals surface area contributed by atoms with Crippen LogP contribution in [0.4, 0.5) is 0 Å². The molecule has 2 rings (SSSR count). The zero-order valence-corrected chi connectivity index (χ0v) is 13.2. The van der Waals surface area contributed by atoms with Crippen molar-refractivity contribution < 1.29 is 21.5 Å². The molecule has 0 aliphatic heterocycles. The molecule has 1 aromatic heterocycles. The molecule has 0 saturated heterocycles. The average Bonchev–Trinajstić information content (AvgIpc) is 2.84. The zero-order valence-electron chi connectivity index (χ0n) is 11.6. The molecule has 0 bridgehead atoms. The number of halogens is 1. The van der Waals surface area contributed by atoms with E-state index in [0.717, 1.165) is 13.1 Å². The Morgan fingerprint density at radius 2 is 1.84 bits per heavy atom. The van der Waals surface area contributed by atoms with Gasteiger partial charge in [0.25, 0.3) is 0 Å². The third kappa shape index (κ3) is 5.60. The molecule has 0 amide bonds. The van der Waals surface area contributed by atoms with Crippen molar-refractivity contribution in [1.29, 1.82) is 0 Å². The van der Waals surface area contributed by atoms with Crippen LogP contribution in [0.25, 0.3) is 0 Å². The summed E-state index contributed by atoms with van der Waals surface area (Å²) in [6.07, 6.45) is 11.8. The average molecular weight is 323 g/mol. The molecule has 0 unspecified atom stereocenters. The molecule has 0 spiro atoms. The Hall–Kier alpha value is -1.09. The summed E-state index contributed by atoms with van der Waals surface area (Å²) in [5.74, 6) is 0. The fourth-order valence-electron chi connectivity index (χ4n) is 2.18. The summed E-state index contributed by atoms with van der Waals surface area (Å²) in [6.45, 7) is 4.36. The summed E-state index contributed by atoms with van der Waals surface area (Å²) >= 11 is 0. The highest BCUT2D eigenvalue weighted by Gasteiger charge is 2.03. The topological polar surface area (TPSA) is 8.81 Å². The second-order valence-electron chi connectivity index (χ2n) is 4.87. The van der Waals surface area contributed by atoms with Gasteiger partial charge in [-0.3, -0.25) is 0 Å². The van der Waals surface area contributed by atoms with Crippen molar-refractivity contribution in [2.45, 2.75) is 45.7 Å². The molecular formula is C16H23BrN2. The summed E-state index contributed by atoms with van der Waals surface area (Å²) in [5.41, 5.74) is 1.35. The van der Waals surface area contributed by atoms with Gasteiger partial charge in [-0.05, 0) is 18.4 Å². The summed E-state index contributed by atoms with van der Waals surface area (Å²) < 4.78 is 4.54. The number of imidazole rings is 1. The Kier molecular flexibility index (Phi) is 7.49. The second kappa shape index (κ2) is 8.92. The number of unbranched alkanes of at least 4 members (excludes halogenated alkanes) is 3. The second-order valence-corrected chi connectivity index (χ2v) is 4.87. The predicted molar refractivity (Wildman–Crippen MR) is 74.3 cm³/mol. The van der Waals surface area contributed by atoms with Gasteiger partial charge < -0.3 is 17.0 Å². The zero-order chi connectivity index (χ0) is 12.6. The standard InChI is InChI=1S/C16H23N2.BrH/c1-2-3-4-8-11-17-12-13-18(15-17)14-16-9-6-5-7-10-16;/h5-7,9-10,12-13,15H,2-4,8,11,14H2,1H3;1H/q+1;/p-1. The molecule has 1 aromatic carbocycles. The highest BCUT2D eigenvalue weighted by atomic mass is 79.9. The minimum Gasteiger partial charge on any atom is -1.00 e. The lowest BCUT2D eigenvalue weighted by Crippen LogP contribution is -3.00. The van der Waals surface area contributed by atoms with E-state index in [1.807, 2.05) is 0 Å². The van der Waals surface area contributed by atoms with Gasteiger partial charge in [-0.1, -0.05) is 50.1 Å². The van der Waals surface area contributed by atoms with Gasteiger partial charge in [-0.2, -0.15) is 0 Å². The van der Waals surface area contributed by atoms with Crippen molar-refractivity contribution in [1.82, 2.24) is 4.57 Å². The van der Waals surface area contributed by atoms with Gasteiger partial charge in [0, 0.05) is 0 Å². The smallest absolute Gasteiger partial charge is 0.244 e. The molecule has 0 N–H and O–H groups in total. The highest BCUT2D eigenvalue weighted by Crippen LogP contribution is 2.02. The molecule has 3 heteroatoms. The Labute approximate surface area is 126 Å². The Balaban J connectivity index is 0.00000180. The van der Waals surface area contributed by atoms with Crippen LogP contribution in [0.5, 0.6) is 0 Å². The van der Waals surface area contributed by atoms with Crippen molar-refractivity contribution in [3.05, 3.63) is 54.6 Å². The summed E-state index contributed by atoms with van der Waals surface area (Å²) in [7, 11) is 0. The van der Waals surface area contributed by atoms with Crippen LogP contribution in [0.1, 0.15) is 38.2 Å². The van der Waals surface area contributed by atoms with E-state index in [9.17, 15) is 0 Å². The number of hydrogen-bond donors (Lipinski definition) is 0. The Morgan fingerprint density at radius 1 is 1.05 bits per heavy atom. The van der Waals surface area contributed by atoms with E-state index in [1.54, 1.807) is 0 Å². The molecule has 0 atom stereocenters.